The molecule has 1 aromatic heterocycles. The highest BCUT2D eigenvalue weighted by atomic mass is 16.5. The van der Waals surface area contributed by atoms with Gasteiger partial charge in [-0.3, -0.25) is 0 Å². The van der Waals surface area contributed by atoms with Crippen LogP contribution in [0, 0.1) is 5.92 Å². The van der Waals surface area contributed by atoms with Gasteiger partial charge in [0.05, 0.1) is 25.0 Å². The van der Waals surface area contributed by atoms with Gasteiger partial charge in [0, 0.05) is 5.56 Å². The van der Waals surface area contributed by atoms with Gasteiger partial charge in [-0.25, -0.2) is 4.98 Å². The lowest BCUT2D eigenvalue weighted by molar-refractivity contribution is 0.415. The maximum Gasteiger partial charge on any atom is 0.123 e. The first-order valence-corrected chi connectivity index (χ1v) is 6.55. The molecule has 0 bridgehead atoms. The number of rotatable bonds is 5. The van der Waals surface area contributed by atoms with Crippen LogP contribution in [0.3, 0.4) is 0 Å². The first-order valence-electron chi connectivity index (χ1n) is 6.55. The minimum absolute atomic E-state index is 0.0423. The van der Waals surface area contributed by atoms with E-state index in [1.165, 1.54) is 0 Å². The van der Waals surface area contributed by atoms with Crippen molar-refractivity contribution in [2.75, 3.05) is 7.11 Å². The van der Waals surface area contributed by atoms with E-state index in [0.717, 1.165) is 29.3 Å². The number of hydrogen-bond acceptors (Lipinski definition) is 3. The van der Waals surface area contributed by atoms with Crippen LogP contribution in [0.25, 0.3) is 11.3 Å². The highest BCUT2D eigenvalue weighted by Crippen LogP contribution is 2.24. The minimum atomic E-state index is -0.0423. The molecule has 0 fully saturated rings. The summed E-state index contributed by atoms with van der Waals surface area (Å²) in [5, 5.41) is 0. The number of ether oxygens (including phenoxy) is 1. The molecule has 1 aromatic carbocycles. The summed E-state index contributed by atoms with van der Waals surface area (Å²) in [5.74, 6) is 2.23. The number of benzene rings is 1. The molecule has 0 aliphatic heterocycles. The first-order chi connectivity index (χ1) is 9.10. The van der Waals surface area contributed by atoms with Gasteiger partial charge in [0.2, 0.25) is 0 Å². The Labute approximate surface area is 114 Å². The van der Waals surface area contributed by atoms with Crippen molar-refractivity contribution in [2.45, 2.75) is 26.3 Å². The maximum atomic E-state index is 6.12. The number of H-pyrrole nitrogens is 1. The van der Waals surface area contributed by atoms with Crippen molar-refractivity contribution < 1.29 is 4.74 Å². The molecule has 102 valence electrons. The van der Waals surface area contributed by atoms with Crippen molar-refractivity contribution in [3.05, 3.63) is 36.3 Å². The average Bonchev–Trinajstić information content (AvgIpc) is 2.88. The molecule has 0 saturated heterocycles. The smallest absolute Gasteiger partial charge is 0.123 e. The Hall–Kier alpha value is -1.81. The van der Waals surface area contributed by atoms with E-state index in [1.54, 1.807) is 7.11 Å². The molecule has 2 rings (SSSR count). The molecule has 1 atom stereocenters. The standard InChI is InChI=1S/C15H21N3O/c1-10(2)7-13(16)15-17-9-14(18-15)11-5-4-6-12(8-11)19-3/h4-6,8-10,13H,7,16H2,1-3H3,(H,17,18). The van der Waals surface area contributed by atoms with Crippen LogP contribution >= 0.6 is 0 Å². The molecular weight excluding hydrogens is 238 g/mol. The summed E-state index contributed by atoms with van der Waals surface area (Å²) < 4.78 is 5.22. The Kier molecular flexibility index (Phi) is 4.22. The van der Waals surface area contributed by atoms with Crippen LogP contribution in [0.2, 0.25) is 0 Å². The Bertz CT molecular complexity index is 534. The van der Waals surface area contributed by atoms with Crippen LogP contribution in [0.15, 0.2) is 30.5 Å². The van der Waals surface area contributed by atoms with Crippen LogP contribution in [0.5, 0.6) is 5.75 Å². The van der Waals surface area contributed by atoms with Gasteiger partial charge in [-0.15, -0.1) is 0 Å². The van der Waals surface area contributed by atoms with Crippen LogP contribution in [0.1, 0.15) is 32.1 Å². The number of nitrogens with two attached hydrogens (primary N) is 1. The number of aromatic amines is 1. The van der Waals surface area contributed by atoms with Crippen molar-refractivity contribution in [3.8, 4) is 17.0 Å². The number of nitrogens with one attached hydrogen (secondary N) is 1. The zero-order chi connectivity index (χ0) is 13.8. The fourth-order valence-corrected chi connectivity index (χ4v) is 2.08. The number of methoxy groups -OCH3 is 1. The molecule has 2 aromatic rings. The summed E-state index contributed by atoms with van der Waals surface area (Å²) in [7, 11) is 1.66. The molecule has 3 N–H and O–H groups in total. The second-order valence-electron chi connectivity index (χ2n) is 5.15. The third kappa shape index (κ3) is 3.35. The number of hydrogen-bond donors (Lipinski definition) is 2. The molecule has 1 unspecified atom stereocenters. The molecule has 19 heavy (non-hydrogen) atoms. The molecule has 0 radical (unpaired) electrons. The van der Waals surface area contributed by atoms with Crippen molar-refractivity contribution >= 4 is 0 Å². The van der Waals surface area contributed by atoms with Crippen molar-refractivity contribution in [1.29, 1.82) is 0 Å². The molecule has 0 spiro atoms. The Balaban J connectivity index is 2.20. The first kappa shape index (κ1) is 13.6. The Morgan fingerprint density at radius 3 is 2.84 bits per heavy atom. The zero-order valence-electron chi connectivity index (χ0n) is 11.7. The van der Waals surface area contributed by atoms with E-state index < -0.39 is 0 Å². The summed E-state index contributed by atoms with van der Waals surface area (Å²) in [6.45, 7) is 4.32. The van der Waals surface area contributed by atoms with E-state index >= 15 is 0 Å². The second kappa shape index (κ2) is 5.89. The minimum Gasteiger partial charge on any atom is -0.497 e. The second-order valence-corrected chi connectivity index (χ2v) is 5.15. The van der Waals surface area contributed by atoms with Gasteiger partial charge in [0.25, 0.3) is 0 Å². The summed E-state index contributed by atoms with van der Waals surface area (Å²) >= 11 is 0. The van der Waals surface area contributed by atoms with Crippen molar-refractivity contribution in [2.24, 2.45) is 11.7 Å². The van der Waals surface area contributed by atoms with E-state index in [0.29, 0.717) is 5.92 Å². The fraction of sp³-hybridized carbons (Fsp3) is 0.400. The van der Waals surface area contributed by atoms with E-state index in [-0.39, 0.29) is 6.04 Å². The third-order valence-electron chi connectivity index (χ3n) is 3.05. The van der Waals surface area contributed by atoms with Gasteiger partial charge in [0.1, 0.15) is 11.6 Å². The quantitative estimate of drug-likeness (QED) is 0.867. The van der Waals surface area contributed by atoms with Gasteiger partial charge >= 0.3 is 0 Å². The molecule has 1 heterocycles. The van der Waals surface area contributed by atoms with Gasteiger partial charge in [-0.2, -0.15) is 0 Å². The summed E-state index contributed by atoms with van der Waals surface area (Å²) in [6, 6.07) is 7.84. The number of aromatic nitrogens is 2. The maximum absolute atomic E-state index is 6.12. The SMILES string of the molecule is COc1cccc(-c2cnc(C(N)CC(C)C)[nH]2)c1. The molecule has 4 nitrogen and oxygen atoms in total. The summed E-state index contributed by atoms with van der Waals surface area (Å²) in [5.41, 5.74) is 8.14. The molecule has 0 amide bonds. The lowest BCUT2D eigenvalue weighted by atomic mass is 10.0. The van der Waals surface area contributed by atoms with E-state index in [9.17, 15) is 0 Å². The van der Waals surface area contributed by atoms with Gasteiger partial charge < -0.3 is 15.5 Å². The zero-order valence-corrected chi connectivity index (χ0v) is 11.7. The fourth-order valence-electron chi connectivity index (χ4n) is 2.08. The van der Waals surface area contributed by atoms with Crippen LogP contribution in [0.4, 0.5) is 0 Å². The lowest BCUT2D eigenvalue weighted by Crippen LogP contribution is -2.14. The van der Waals surface area contributed by atoms with E-state index in [2.05, 4.69) is 23.8 Å². The molecule has 0 aliphatic rings. The number of nitrogens with zero attached hydrogens (tertiary/aromatic N) is 1. The molecule has 4 heteroatoms. The van der Waals surface area contributed by atoms with Gasteiger partial charge in [-0.1, -0.05) is 26.0 Å². The van der Waals surface area contributed by atoms with E-state index in [1.807, 2.05) is 30.5 Å². The third-order valence-corrected chi connectivity index (χ3v) is 3.05. The predicted octanol–water partition coefficient (Wildman–Crippen LogP) is 3.13. The van der Waals surface area contributed by atoms with Crippen molar-refractivity contribution in [3.63, 3.8) is 0 Å². The van der Waals surface area contributed by atoms with Crippen molar-refractivity contribution in [1.82, 2.24) is 9.97 Å². The summed E-state index contributed by atoms with van der Waals surface area (Å²) in [6.07, 6.45) is 2.75. The highest BCUT2D eigenvalue weighted by molar-refractivity contribution is 5.60. The number of imidazole rings is 1. The largest absolute Gasteiger partial charge is 0.497 e. The van der Waals surface area contributed by atoms with Gasteiger partial charge in [-0.05, 0) is 24.5 Å². The Morgan fingerprint density at radius 1 is 1.37 bits per heavy atom. The average molecular weight is 259 g/mol. The monoisotopic (exact) mass is 259 g/mol. The lowest BCUT2D eigenvalue weighted by Gasteiger charge is -2.11. The van der Waals surface area contributed by atoms with E-state index in [4.69, 9.17) is 10.5 Å². The van der Waals surface area contributed by atoms with Crippen LogP contribution in [-0.2, 0) is 0 Å². The molecule has 0 saturated carbocycles. The highest BCUT2D eigenvalue weighted by Gasteiger charge is 2.12. The normalized spacial score (nSPS) is 12.7. The Morgan fingerprint density at radius 2 is 2.16 bits per heavy atom. The summed E-state index contributed by atoms with van der Waals surface area (Å²) in [4.78, 5) is 7.67. The van der Waals surface area contributed by atoms with Crippen LogP contribution in [-0.4, -0.2) is 17.1 Å². The van der Waals surface area contributed by atoms with Crippen LogP contribution < -0.4 is 10.5 Å². The molecular formula is C15H21N3O. The topological polar surface area (TPSA) is 63.9 Å². The molecule has 0 aliphatic carbocycles. The van der Waals surface area contributed by atoms with Gasteiger partial charge in [0.15, 0.2) is 0 Å². The predicted molar refractivity (Wildman–Crippen MR) is 77.0 cm³/mol.